The molecule has 2 bridgehead atoms. The Bertz CT molecular complexity index is 603. The van der Waals surface area contributed by atoms with Crippen LogP contribution >= 0.6 is 11.3 Å². The molecule has 104 valence electrons. The summed E-state index contributed by atoms with van der Waals surface area (Å²) in [6, 6.07) is 2.98. The van der Waals surface area contributed by atoms with Crippen LogP contribution in [0.1, 0.15) is 42.5 Å². The number of aromatic amines is 1. The molecule has 20 heavy (non-hydrogen) atoms. The standard InChI is InChI=1S/C15H17N3OS/c19-15(18-12-2-1-3-13(18)5-4-12)10-6-14(20-9-10)11-7-16-17-8-11/h6-9,12-13H,1-5H2,(H,16,17). The number of thiophene rings is 1. The van der Waals surface area contributed by atoms with Crippen molar-refractivity contribution in [2.24, 2.45) is 0 Å². The fourth-order valence-electron chi connectivity index (χ4n) is 3.58. The number of carbonyl (C=O) groups is 1. The van der Waals surface area contributed by atoms with Gasteiger partial charge < -0.3 is 4.90 Å². The largest absolute Gasteiger partial charge is 0.333 e. The van der Waals surface area contributed by atoms with Crippen molar-refractivity contribution in [2.45, 2.75) is 44.2 Å². The quantitative estimate of drug-likeness (QED) is 0.921. The number of hydrogen-bond donors (Lipinski definition) is 1. The number of hydrogen-bond acceptors (Lipinski definition) is 3. The Hall–Kier alpha value is -1.62. The third-order valence-electron chi connectivity index (χ3n) is 4.56. The Morgan fingerprint density at radius 2 is 2.10 bits per heavy atom. The topological polar surface area (TPSA) is 49.0 Å². The van der Waals surface area contributed by atoms with E-state index in [1.807, 2.05) is 17.6 Å². The molecule has 0 saturated carbocycles. The van der Waals surface area contributed by atoms with E-state index in [0.717, 1.165) is 16.0 Å². The first-order valence-electron chi connectivity index (χ1n) is 7.23. The fourth-order valence-corrected chi connectivity index (χ4v) is 4.45. The van der Waals surface area contributed by atoms with Crippen molar-refractivity contribution >= 4 is 17.2 Å². The highest BCUT2D eigenvalue weighted by molar-refractivity contribution is 7.13. The molecule has 2 aromatic rings. The number of aromatic nitrogens is 2. The average molecular weight is 287 g/mol. The van der Waals surface area contributed by atoms with Crippen molar-refractivity contribution < 1.29 is 4.79 Å². The Kier molecular flexibility index (Phi) is 2.88. The van der Waals surface area contributed by atoms with Gasteiger partial charge in [-0.25, -0.2) is 0 Å². The second kappa shape index (κ2) is 4.74. The molecule has 4 rings (SSSR count). The smallest absolute Gasteiger partial charge is 0.255 e. The van der Waals surface area contributed by atoms with Gasteiger partial charge in [0.25, 0.3) is 5.91 Å². The van der Waals surface area contributed by atoms with Crippen LogP contribution in [0.2, 0.25) is 0 Å². The number of amides is 1. The second-order valence-corrected chi connectivity index (χ2v) is 6.63. The van der Waals surface area contributed by atoms with Crippen LogP contribution in [0, 0.1) is 0 Å². The minimum absolute atomic E-state index is 0.225. The Balaban J connectivity index is 1.60. The minimum Gasteiger partial charge on any atom is -0.333 e. The lowest BCUT2D eigenvalue weighted by Gasteiger charge is -2.34. The Morgan fingerprint density at radius 3 is 2.80 bits per heavy atom. The first-order valence-corrected chi connectivity index (χ1v) is 8.11. The molecule has 0 aromatic carbocycles. The first-order chi connectivity index (χ1) is 9.83. The summed E-state index contributed by atoms with van der Waals surface area (Å²) in [5.41, 5.74) is 1.89. The molecule has 4 nitrogen and oxygen atoms in total. The van der Waals surface area contributed by atoms with Gasteiger partial charge in [0, 0.05) is 34.1 Å². The summed E-state index contributed by atoms with van der Waals surface area (Å²) in [6.45, 7) is 0. The van der Waals surface area contributed by atoms with E-state index in [4.69, 9.17) is 0 Å². The van der Waals surface area contributed by atoms with E-state index < -0.39 is 0 Å². The predicted octanol–water partition coefficient (Wildman–Crippen LogP) is 3.30. The zero-order valence-corrected chi connectivity index (χ0v) is 12.0. The number of fused-ring (bicyclic) bond motifs is 2. The molecule has 2 unspecified atom stereocenters. The van der Waals surface area contributed by atoms with E-state index in [1.54, 1.807) is 17.5 Å². The summed E-state index contributed by atoms with van der Waals surface area (Å²) < 4.78 is 0. The highest BCUT2D eigenvalue weighted by Crippen LogP contribution is 2.37. The normalized spacial score (nSPS) is 25.1. The number of nitrogens with one attached hydrogen (secondary N) is 1. The van der Waals surface area contributed by atoms with Gasteiger partial charge in [-0.3, -0.25) is 9.89 Å². The summed E-state index contributed by atoms with van der Waals surface area (Å²) in [4.78, 5) is 16.0. The van der Waals surface area contributed by atoms with Gasteiger partial charge in [-0.05, 0) is 38.2 Å². The molecular formula is C15H17N3OS. The van der Waals surface area contributed by atoms with E-state index in [1.165, 1.54) is 32.1 Å². The molecule has 2 atom stereocenters. The van der Waals surface area contributed by atoms with Gasteiger partial charge in [0.1, 0.15) is 0 Å². The third-order valence-corrected chi connectivity index (χ3v) is 5.54. The molecule has 1 N–H and O–H groups in total. The predicted molar refractivity (Wildman–Crippen MR) is 78.7 cm³/mol. The van der Waals surface area contributed by atoms with Crippen molar-refractivity contribution in [3.63, 3.8) is 0 Å². The maximum Gasteiger partial charge on any atom is 0.255 e. The molecule has 2 fully saturated rings. The van der Waals surface area contributed by atoms with Gasteiger partial charge in [0.05, 0.1) is 11.8 Å². The maximum atomic E-state index is 12.8. The number of carbonyl (C=O) groups excluding carboxylic acids is 1. The van der Waals surface area contributed by atoms with Gasteiger partial charge in [-0.2, -0.15) is 5.10 Å². The maximum absolute atomic E-state index is 12.8. The molecule has 0 aliphatic carbocycles. The van der Waals surface area contributed by atoms with E-state index in [9.17, 15) is 4.79 Å². The van der Waals surface area contributed by atoms with Gasteiger partial charge in [0.15, 0.2) is 0 Å². The van der Waals surface area contributed by atoms with Crippen LogP contribution in [0.4, 0.5) is 0 Å². The summed E-state index contributed by atoms with van der Waals surface area (Å²) in [5, 5.41) is 8.76. The van der Waals surface area contributed by atoms with Crippen LogP contribution in [0.15, 0.2) is 23.8 Å². The lowest BCUT2D eigenvalue weighted by atomic mass is 10.0. The number of H-pyrrole nitrogens is 1. The number of piperidine rings is 1. The summed E-state index contributed by atoms with van der Waals surface area (Å²) in [6.07, 6.45) is 9.69. The van der Waals surface area contributed by atoms with Crippen molar-refractivity contribution in [1.82, 2.24) is 15.1 Å². The number of nitrogens with zero attached hydrogens (tertiary/aromatic N) is 2. The van der Waals surface area contributed by atoms with E-state index in [-0.39, 0.29) is 5.91 Å². The molecule has 2 aliphatic heterocycles. The van der Waals surface area contributed by atoms with Gasteiger partial charge in [-0.15, -0.1) is 11.3 Å². The average Bonchev–Trinajstić information content (AvgIpc) is 3.17. The molecule has 2 saturated heterocycles. The van der Waals surface area contributed by atoms with Crippen molar-refractivity contribution in [1.29, 1.82) is 0 Å². The van der Waals surface area contributed by atoms with Crippen molar-refractivity contribution in [3.8, 4) is 10.4 Å². The van der Waals surface area contributed by atoms with Crippen LogP contribution in [0.5, 0.6) is 0 Å². The van der Waals surface area contributed by atoms with E-state index in [0.29, 0.717) is 12.1 Å². The SMILES string of the molecule is O=C(c1csc(-c2cn[nH]c2)c1)N1C2CCCC1CC2. The molecule has 0 spiro atoms. The van der Waals surface area contributed by atoms with Crippen LogP contribution in [-0.2, 0) is 0 Å². The molecule has 0 radical (unpaired) electrons. The Morgan fingerprint density at radius 1 is 1.30 bits per heavy atom. The second-order valence-electron chi connectivity index (χ2n) is 5.71. The van der Waals surface area contributed by atoms with Crippen molar-refractivity contribution in [2.75, 3.05) is 0 Å². The van der Waals surface area contributed by atoms with Crippen LogP contribution in [0.3, 0.4) is 0 Å². The summed E-state index contributed by atoms with van der Waals surface area (Å²) in [5.74, 6) is 0.225. The molecule has 2 aliphatic rings. The molecule has 5 heteroatoms. The van der Waals surface area contributed by atoms with Gasteiger partial charge >= 0.3 is 0 Å². The van der Waals surface area contributed by atoms with Crippen LogP contribution in [0.25, 0.3) is 10.4 Å². The highest BCUT2D eigenvalue weighted by atomic mass is 32.1. The Labute approximate surface area is 121 Å². The lowest BCUT2D eigenvalue weighted by Crippen LogP contribution is -2.43. The minimum atomic E-state index is 0.225. The fraction of sp³-hybridized carbons (Fsp3) is 0.467. The van der Waals surface area contributed by atoms with Crippen LogP contribution < -0.4 is 0 Å². The molecule has 4 heterocycles. The van der Waals surface area contributed by atoms with Crippen LogP contribution in [-0.4, -0.2) is 33.1 Å². The zero-order chi connectivity index (χ0) is 13.5. The first kappa shape index (κ1) is 12.1. The zero-order valence-electron chi connectivity index (χ0n) is 11.2. The van der Waals surface area contributed by atoms with E-state index >= 15 is 0 Å². The van der Waals surface area contributed by atoms with Gasteiger partial charge in [0.2, 0.25) is 0 Å². The molecule has 2 aromatic heterocycles. The lowest BCUT2D eigenvalue weighted by molar-refractivity contribution is 0.0596. The van der Waals surface area contributed by atoms with Crippen molar-refractivity contribution in [3.05, 3.63) is 29.4 Å². The third kappa shape index (κ3) is 1.88. The van der Waals surface area contributed by atoms with E-state index in [2.05, 4.69) is 15.1 Å². The number of rotatable bonds is 2. The van der Waals surface area contributed by atoms with Gasteiger partial charge in [-0.1, -0.05) is 0 Å². The highest BCUT2D eigenvalue weighted by Gasteiger charge is 2.39. The molecule has 1 amide bonds. The summed E-state index contributed by atoms with van der Waals surface area (Å²) in [7, 11) is 0. The summed E-state index contributed by atoms with van der Waals surface area (Å²) >= 11 is 1.61. The molecular weight excluding hydrogens is 270 g/mol. The monoisotopic (exact) mass is 287 g/mol.